The highest BCUT2D eigenvalue weighted by atomic mass is 16.5. The Bertz CT molecular complexity index is 2260. The average molecular weight is 919 g/mol. The molecule has 0 aromatic heterocycles. The molecule has 0 fully saturated rings. The number of aromatic hydroxyl groups is 3. The molecule has 0 aliphatic rings. The quantitative estimate of drug-likeness (QED) is 0.0444. The minimum atomic E-state index is -0.271. The van der Waals surface area contributed by atoms with Gasteiger partial charge in [-0.25, -0.2) is 0 Å². The molecule has 368 valence electrons. The van der Waals surface area contributed by atoms with Crippen molar-refractivity contribution in [3.05, 3.63) is 104 Å². The van der Waals surface area contributed by atoms with Crippen LogP contribution < -0.4 is 15.4 Å². The van der Waals surface area contributed by atoms with E-state index in [0.717, 1.165) is 63.1 Å². The van der Waals surface area contributed by atoms with Gasteiger partial charge in [0.1, 0.15) is 23.0 Å². The van der Waals surface area contributed by atoms with Gasteiger partial charge in [-0.1, -0.05) is 159 Å². The molecule has 67 heavy (non-hydrogen) atoms. The Labute approximate surface area is 404 Å². The van der Waals surface area contributed by atoms with Gasteiger partial charge >= 0.3 is 0 Å². The highest BCUT2D eigenvalue weighted by Gasteiger charge is 2.28. The predicted molar refractivity (Wildman–Crippen MR) is 280 cm³/mol. The monoisotopic (exact) mass is 919 g/mol. The van der Waals surface area contributed by atoms with Gasteiger partial charge in [-0.15, -0.1) is 0 Å². The van der Waals surface area contributed by atoms with Gasteiger partial charge in [-0.05, 0) is 124 Å². The van der Waals surface area contributed by atoms with Crippen molar-refractivity contribution in [3.8, 4) is 23.0 Å². The third-order valence-corrected chi connectivity index (χ3v) is 12.8. The molecular formula is C59H86N2O6. The van der Waals surface area contributed by atoms with Crippen molar-refractivity contribution >= 4 is 23.2 Å². The molecule has 4 aromatic rings. The van der Waals surface area contributed by atoms with Gasteiger partial charge in [0.05, 0.1) is 6.61 Å². The van der Waals surface area contributed by atoms with Crippen LogP contribution in [0.5, 0.6) is 23.0 Å². The van der Waals surface area contributed by atoms with Gasteiger partial charge < -0.3 is 30.7 Å². The Morgan fingerprint density at radius 3 is 1.27 bits per heavy atom. The zero-order valence-corrected chi connectivity index (χ0v) is 44.1. The van der Waals surface area contributed by atoms with Crippen LogP contribution in [-0.4, -0.2) is 33.7 Å². The number of ether oxygens (including phenoxy) is 1. The van der Waals surface area contributed by atoms with Crippen molar-refractivity contribution in [3.63, 3.8) is 0 Å². The first-order valence-electron chi connectivity index (χ1n) is 25.0. The summed E-state index contributed by atoms with van der Waals surface area (Å²) in [5.41, 5.74) is 8.62. The van der Waals surface area contributed by atoms with Crippen LogP contribution in [0.4, 0.5) is 11.4 Å². The summed E-state index contributed by atoms with van der Waals surface area (Å²) in [5.74, 6) is 1.25. The smallest absolute Gasteiger partial charge is 0.224 e. The summed E-state index contributed by atoms with van der Waals surface area (Å²) in [5, 5.41) is 40.2. The van der Waals surface area contributed by atoms with Crippen molar-refractivity contribution in [2.45, 2.75) is 209 Å². The molecule has 5 N–H and O–H groups in total. The summed E-state index contributed by atoms with van der Waals surface area (Å²) in [6, 6.07) is 15.6. The van der Waals surface area contributed by atoms with Crippen LogP contribution in [0.25, 0.3) is 0 Å². The van der Waals surface area contributed by atoms with Crippen LogP contribution in [0.1, 0.15) is 210 Å². The number of nitrogens with one attached hydrogen (secondary N) is 2. The van der Waals surface area contributed by atoms with Crippen molar-refractivity contribution in [1.82, 2.24) is 0 Å². The lowest BCUT2D eigenvalue weighted by Gasteiger charge is -2.28. The number of anilines is 2. The van der Waals surface area contributed by atoms with Crippen LogP contribution in [-0.2, 0) is 50.5 Å². The van der Waals surface area contributed by atoms with Gasteiger partial charge in [0, 0.05) is 41.8 Å². The van der Waals surface area contributed by atoms with Crippen LogP contribution >= 0.6 is 0 Å². The van der Waals surface area contributed by atoms with E-state index < -0.39 is 0 Å². The lowest BCUT2D eigenvalue weighted by Crippen LogP contribution is -2.18. The zero-order chi connectivity index (χ0) is 50.1. The van der Waals surface area contributed by atoms with E-state index in [0.29, 0.717) is 59.9 Å². The van der Waals surface area contributed by atoms with Gasteiger partial charge in [-0.2, -0.15) is 0 Å². The molecule has 4 aromatic carbocycles. The van der Waals surface area contributed by atoms with Crippen LogP contribution in [0.15, 0.2) is 48.5 Å². The molecule has 8 heteroatoms. The number of hydrogen-bond acceptors (Lipinski definition) is 6. The van der Waals surface area contributed by atoms with Crippen LogP contribution in [0.3, 0.4) is 0 Å². The molecule has 0 aliphatic carbocycles. The standard InChI is InChI=1S/C59H86N2O6/c1-16-17-18-19-20-21-22-23-28-67-55-39(3)30-45(61-51(63)27-25-41-33-48(58(10,11)12)54(66)49(34-41)59(13,14)15)37-43(55)35-42-36-44(29-38(2)52(42)64)60-50(62)26-24-40-31-46(56(4,5)6)53(65)47(32-40)57(7,8)9/h29-34,36-37,64-66H,16-28,35H2,1-15H3,(H,60,62)(H,61,63). The van der Waals surface area contributed by atoms with E-state index >= 15 is 0 Å². The molecule has 0 aliphatic heterocycles. The molecule has 0 unspecified atom stereocenters. The Kier molecular flexibility index (Phi) is 18.7. The summed E-state index contributed by atoms with van der Waals surface area (Å²) < 4.78 is 6.54. The third-order valence-electron chi connectivity index (χ3n) is 12.8. The second kappa shape index (κ2) is 22.9. The van der Waals surface area contributed by atoms with E-state index in [4.69, 9.17) is 4.74 Å². The first-order valence-corrected chi connectivity index (χ1v) is 25.0. The van der Waals surface area contributed by atoms with Gasteiger partial charge in [0.15, 0.2) is 0 Å². The normalized spacial score (nSPS) is 12.3. The summed E-state index contributed by atoms with van der Waals surface area (Å²) in [4.78, 5) is 27.3. The number of aryl methyl sites for hydroxylation is 4. The van der Waals surface area contributed by atoms with E-state index in [1.54, 1.807) is 6.07 Å². The van der Waals surface area contributed by atoms with E-state index in [1.807, 2.05) is 56.3 Å². The molecule has 0 atom stereocenters. The summed E-state index contributed by atoms with van der Waals surface area (Å²) >= 11 is 0. The number of phenols is 3. The first kappa shape index (κ1) is 54.6. The molecule has 0 saturated heterocycles. The van der Waals surface area contributed by atoms with Gasteiger partial charge in [-0.3, -0.25) is 9.59 Å². The summed E-state index contributed by atoms with van der Waals surface area (Å²) in [6.45, 7) is 31.7. The first-order chi connectivity index (χ1) is 31.1. The minimum Gasteiger partial charge on any atom is -0.507 e. The second-order valence-corrected chi connectivity index (χ2v) is 23.3. The van der Waals surface area contributed by atoms with Crippen molar-refractivity contribution in [2.75, 3.05) is 17.2 Å². The van der Waals surface area contributed by atoms with E-state index in [1.165, 1.54) is 38.5 Å². The molecule has 0 spiro atoms. The number of phenolic OH excluding ortho intramolecular Hbond substituents is 3. The zero-order valence-electron chi connectivity index (χ0n) is 44.1. The number of hydrogen-bond donors (Lipinski definition) is 5. The number of carbonyl (C=O) groups excluding carboxylic acids is 2. The van der Waals surface area contributed by atoms with Crippen molar-refractivity contribution in [1.29, 1.82) is 0 Å². The highest BCUT2D eigenvalue weighted by Crippen LogP contribution is 2.42. The Hall–Kier alpha value is -4.98. The van der Waals surface area contributed by atoms with Crippen LogP contribution in [0.2, 0.25) is 0 Å². The molecule has 0 saturated carbocycles. The fourth-order valence-corrected chi connectivity index (χ4v) is 8.86. The molecule has 8 nitrogen and oxygen atoms in total. The average Bonchev–Trinajstić information content (AvgIpc) is 3.20. The molecule has 4 rings (SSSR count). The van der Waals surface area contributed by atoms with Crippen molar-refractivity contribution < 1.29 is 29.6 Å². The Morgan fingerprint density at radius 2 is 0.866 bits per heavy atom. The Balaban J connectivity index is 1.58. The summed E-state index contributed by atoms with van der Waals surface area (Å²) in [6.07, 6.45) is 11.4. The maximum Gasteiger partial charge on any atom is 0.224 e. The lowest BCUT2D eigenvalue weighted by atomic mass is 9.78. The summed E-state index contributed by atoms with van der Waals surface area (Å²) in [7, 11) is 0. The van der Waals surface area contributed by atoms with E-state index in [-0.39, 0.29) is 52.1 Å². The molecule has 2 amide bonds. The van der Waals surface area contributed by atoms with Gasteiger partial charge in [0.25, 0.3) is 0 Å². The topological polar surface area (TPSA) is 128 Å². The fourth-order valence-electron chi connectivity index (χ4n) is 8.86. The maximum absolute atomic E-state index is 13.7. The largest absolute Gasteiger partial charge is 0.507 e. The molecule has 0 radical (unpaired) electrons. The predicted octanol–water partition coefficient (Wildman–Crippen LogP) is 14.9. The lowest BCUT2D eigenvalue weighted by molar-refractivity contribution is -0.117. The number of amides is 2. The van der Waals surface area contributed by atoms with E-state index in [9.17, 15) is 24.9 Å². The minimum absolute atomic E-state index is 0.124. The Morgan fingerprint density at radius 1 is 0.493 bits per heavy atom. The third kappa shape index (κ3) is 15.8. The SMILES string of the molecule is CCCCCCCCCCOc1c(C)cc(NC(=O)CCc2cc(C(C)(C)C)c(O)c(C(C)(C)C)c2)cc1Cc1cc(NC(=O)CCc2cc(C(C)(C)C)c(O)c(C(C)(C)C)c2)cc(C)c1O. The number of unbranched alkanes of at least 4 members (excludes halogenated alkanes) is 7. The van der Waals surface area contributed by atoms with Crippen molar-refractivity contribution in [2.24, 2.45) is 0 Å². The van der Waals surface area contributed by atoms with Gasteiger partial charge in [0.2, 0.25) is 11.8 Å². The van der Waals surface area contributed by atoms with E-state index in [2.05, 4.69) is 101 Å². The second-order valence-electron chi connectivity index (χ2n) is 23.3. The number of rotatable bonds is 20. The maximum atomic E-state index is 13.7. The molecular weight excluding hydrogens is 833 g/mol. The number of benzene rings is 4. The molecule has 0 heterocycles. The number of carbonyl (C=O) groups is 2. The highest BCUT2D eigenvalue weighted by molar-refractivity contribution is 5.92. The fraction of sp³-hybridized carbons (Fsp3) is 0.559. The van der Waals surface area contributed by atoms with Crippen LogP contribution in [0, 0.1) is 13.8 Å². The molecule has 0 bridgehead atoms.